The molecule has 0 radical (unpaired) electrons. The summed E-state index contributed by atoms with van der Waals surface area (Å²) in [5.74, 6) is -1.69. The summed E-state index contributed by atoms with van der Waals surface area (Å²) in [6, 6.07) is 1.81. The van der Waals surface area contributed by atoms with Gasteiger partial charge in [-0.3, -0.25) is 14.6 Å². The van der Waals surface area contributed by atoms with Crippen molar-refractivity contribution in [2.45, 2.75) is 26.4 Å². The van der Waals surface area contributed by atoms with Crippen LogP contribution in [0.15, 0.2) is 18.3 Å². The number of nitrogens with zero attached hydrogens (tertiary/aromatic N) is 2. The fraction of sp³-hybridized carbons (Fsp3) is 0.533. The zero-order chi connectivity index (χ0) is 17.4. The van der Waals surface area contributed by atoms with Crippen LogP contribution in [0.25, 0.3) is 0 Å². The van der Waals surface area contributed by atoms with Crippen molar-refractivity contribution >= 4 is 11.9 Å². The topological polar surface area (TPSA) is 70.5 Å². The molecule has 0 aliphatic carbocycles. The Bertz CT molecular complexity index is 613. The number of aromatic nitrogens is 1. The Labute approximate surface area is 131 Å². The molecular formula is C15H17F3N2O3. The predicted octanol–water partition coefficient (Wildman–Crippen LogP) is 2.67. The SMILES string of the molecule is CC(C)C1(C(=O)O)CCN(C(=O)c2ccc(C(F)(F)F)cn2)C1. The van der Waals surface area contributed by atoms with E-state index < -0.39 is 29.0 Å². The van der Waals surface area contributed by atoms with Crippen molar-refractivity contribution in [3.63, 3.8) is 0 Å². The number of rotatable bonds is 3. The monoisotopic (exact) mass is 330 g/mol. The van der Waals surface area contributed by atoms with E-state index in [1.807, 2.05) is 0 Å². The molecule has 0 saturated carbocycles. The van der Waals surface area contributed by atoms with Crippen molar-refractivity contribution in [1.29, 1.82) is 0 Å². The van der Waals surface area contributed by atoms with E-state index in [0.29, 0.717) is 12.6 Å². The third-order valence-corrected chi connectivity index (χ3v) is 4.43. The van der Waals surface area contributed by atoms with E-state index >= 15 is 0 Å². The van der Waals surface area contributed by atoms with Gasteiger partial charge < -0.3 is 10.0 Å². The summed E-state index contributed by atoms with van der Waals surface area (Å²) in [7, 11) is 0. The van der Waals surface area contributed by atoms with Crippen LogP contribution in [0.1, 0.15) is 36.3 Å². The molecule has 2 rings (SSSR count). The number of hydrogen-bond donors (Lipinski definition) is 1. The fourth-order valence-corrected chi connectivity index (χ4v) is 2.75. The number of carbonyl (C=O) groups is 2. The Kier molecular flexibility index (Phi) is 4.37. The van der Waals surface area contributed by atoms with Crippen molar-refractivity contribution in [1.82, 2.24) is 9.88 Å². The van der Waals surface area contributed by atoms with Crippen LogP contribution in [0.2, 0.25) is 0 Å². The maximum Gasteiger partial charge on any atom is 0.417 e. The minimum absolute atomic E-state index is 0.0293. The molecule has 23 heavy (non-hydrogen) atoms. The Hall–Kier alpha value is -2.12. The van der Waals surface area contributed by atoms with Gasteiger partial charge in [-0.2, -0.15) is 13.2 Å². The lowest BCUT2D eigenvalue weighted by atomic mass is 9.76. The first-order valence-electron chi connectivity index (χ1n) is 7.14. The van der Waals surface area contributed by atoms with Crippen LogP contribution >= 0.6 is 0 Å². The third kappa shape index (κ3) is 3.16. The van der Waals surface area contributed by atoms with E-state index in [1.165, 1.54) is 4.90 Å². The van der Waals surface area contributed by atoms with E-state index in [1.54, 1.807) is 13.8 Å². The van der Waals surface area contributed by atoms with Crippen molar-refractivity contribution in [2.24, 2.45) is 11.3 Å². The molecule has 1 aromatic heterocycles. The Morgan fingerprint density at radius 1 is 1.35 bits per heavy atom. The van der Waals surface area contributed by atoms with Crippen molar-refractivity contribution in [2.75, 3.05) is 13.1 Å². The van der Waals surface area contributed by atoms with E-state index in [0.717, 1.165) is 12.1 Å². The predicted molar refractivity (Wildman–Crippen MR) is 74.7 cm³/mol. The molecule has 2 heterocycles. The molecule has 1 unspecified atom stereocenters. The van der Waals surface area contributed by atoms with Gasteiger partial charge in [0.25, 0.3) is 5.91 Å². The molecule has 1 N–H and O–H groups in total. The number of hydrogen-bond acceptors (Lipinski definition) is 3. The molecule has 0 bridgehead atoms. The Morgan fingerprint density at radius 3 is 2.39 bits per heavy atom. The molecule has 1 amide bonds. The lowest BCUT2D eigenvalue weighted by molar-refractivity contribution is -0.150. The number of likely N-dealkylation sites (tertiary alicyclic amines) is 1. The summed E-state index contributed by atoms with van der Waals surface area (Å²) < 4.78 is 37.5. The van der Waals surface area contributed by atoms with Gasteiger partial charge in [0.05, 0.1) is 11.0 Å². The molecule has 0 spiro atoms. The number of aliphatic carboxylic acids is 1. The molecule has 1 atom stereocenters. The van der Waals surface area contributed by atoms with Crippen LogP contribution in [0.4, 0.5) is 13.2 Å². The smallest absolute Gasteiger partial charge is 0.417 e. The molecule has 8 heteroatoms. The second-order valence-corrected chi connectivity index (χ2v) is 6.02. The lowest BCUT2D eigenvalue weighted by Gasteiger charge is -2.28. The highest BCUT2D eigenvalue weighted by molar-refractivity contribution is 5.93. The van der Waals surface area contributed by atoms with Gasteiger partial charge in [0.2, 0.25) is 0 Å². The molecule has 1 fully saturated rings. The van der Waals surface area contributed by atoms with Crippen LogP contribution in [-0.4, -0.2) is 40.0 Å². The standard InChI is InChI=1S/C15H17F3N2O3/c1-9(2)14(13(22)23)5-6-20(8-14)12(21)11-4-3-10(7-19-11)15(16,17)18/h3-4,7,9H,5-6,8H2,1-2H3,(H,22,23). The average molecular weight is 330 g/mol. The molecule has 1 aromatic rings. The van der Waals surface area contributed by atoms with Gasteiger partial charge in [-0.05, 0) is 24.5 Å². The number of pyridine rings is 1. The zero-order valence-electron chi connectivity index (χ0n) is 12.7. The number of halogens is 3. The van der Waals surface area contributed by atoms with Crippen LogP contribution < -0.4 is 0 Å². The Balaban J connectivity index is 2.18. The van der Waals surface area contributed by atoms with Crippen LogP contribution in [0.3, 0.4) is 0 Å². The van der Waals surface area contributed by atoms with E-state index in [-0.39, 0.29) is 24.7 Å². The van der Waals surface area contributed by atoms with E-state index in [4.69, 9.17) is 0 Å². The quantitative estimate of drug-likeness (QED) is 0.925. The summed E-state index contributed by atoms with van der Waals surface area (Å²) in [4.78, 5) is 28.8. The molecule has 126 valence electrons. The lowest BCUT2D eigenvalue weighted by Crippen LogP contribution is -2.40. The van der Waals surface area contributed by atoms with Crippen molar-refractivity contribution in [3.05, 3.63) is 29.6 Å². The molecule has 5 nitrogen and oxygen atoms in total. The molecule has 1 aliphatic heterocycles. The van der Waals surface area contributed by atoms with Crippen LogP contribution in [0, 0.1) is 11.3 Å². The largest absolute Gasteiger partial charge is 0.481 e. The number of carboxylic acids is 1. The maximum absolute atomic E-state index is 12.5. The summed E-state index contributed by atoms with van der Waals surface area (Å²) in [5.41, 5.74) is -2.08. The highest BCUT2D eigenvalue weighted by Gasteiger charge is 2.48. The number of carbonyl (C=O) groups excluding carboxylic acids is 1. The van der Waals surface area contributed by atoms with E-state index in [2.05, 4.69) is 4.98 Å². The number of amides is 1. The molecular weight excluding hydrogens is 313 g/mol. The van der Waals surface area contributed by atoms with Crippen LogP contribution in [0.5, 0.6) is 0 Å². The van der Waals surface area contributed by atoms with Gasteiger partial charge in [0, 0.05) is 19.3 Å². The molecule has 0 aromatic carbocycles. The fourth-order valence-electron chi connectivity index (χ4n) is 2.75. The zero-order valence-corrected chi connectivity index (χ0v) is 12.7. The van der Waals surface area contributed by atoms with Gasteiger partial charge in [0.15, 0.2) is 0 Å². The van der Waals surface area contributed by atoms with Gasteiger partial charge in [0.1, 0.15) is 5.69 Å². The number of alkyl halides is 3. The summed E-state index contributed by atoms with van der Waals surface area (Å²) in [6.07, 6.45) is -3.60. The minimum Gasteiger partial charge on any atom is -0.481 e. The number of carboxylic acid groups (broad SMARTS) is 1. The highest BCUT2D eigenvalue weighted by atomic mass is 19.4. The third-order valence-electron chi connectivity index (χ3n) is 4.43. The van der Waals surface area contributed by atoms with Gasteiger partial charge in [-0.25, -0.2) is 0 Å². The van der Waals surface area contributed by atoms with Crippen molar-refractivity contribution in [3.8, 4) is 0 Å². The van der Waals surface area contributed by atoms with Gasteiger partial charge in [-0.15, -0.1) is 0 Å². The minimum atomic E-state index is -4.52. The second-order valence-electron chi connectivity index (χ2n) is 6.02. The molecule has 1 aliphatic rings. The van der Waals surface area contributed by atoms with Gasteiger partial charge >= 0.3 is 12.1 Å². The second kappa shape index (κ2) is 5.82. The average Bonchev–Trinajstić information content (AvgIpc) is 2.92. The highest BCUT2D eigenvalue weighted by Crippen LogP contribution is 2.38. The Morgan fingerprint density at radius 2 is 2.00 bits per heavy atom. The first kappa shape index (κ1) is 17.2. The van der Waals surface area contributed by atoms with Gasteiger partial charge in [-0.1, -0.05) is 13.8 Å². The first-order chi connectivity index (χ1) is 10.6. The van der Waals surface area contributed by atoms with Crippen molar-refractivity contribution < 1.29 is 27.9 Å². The first-order valence-corrected chi connectivity index (χ1v) is 7.14. The van der Waals surface area contributed by atoms with Crippen LogP contribution in [-0.2, 0) is 11.0 Å². The van der Waals surface area contributed by atoms with E-state index in [9.17, 15) is 27.9 Å². The molecule has 1 saturated heterocycles. The normalized spacial score (nSPS) is 21.7. The maximum atomic E-state index is 12.5. The summed E-state index contributed by atoms with van der Waals surface area (Å²) >= 11 is 0. The summed E-state index contributed by atoms with van der Waals surface area (Å²) in [5, 5.41) is 9.45. The summed E-state index contributed by atoms with van der Waals surface area (Å²) in [6.45, 7) is 3.82.